The van der Waals surface area contributed by atoms with Gasteiger partial charge in [0, 0.05) is 24.6 Å². The van der Waals surface area contributed by atoms with E-state index in [1.165, 1.54) is 6.42 Å². The predicted octanol–water partition coefficient (Wildman–Crippen LogP) is 4.92. The molecular formula is C27H34N4O2. The van der Waals surface area contributed by atoms with Crippen molar-refractivity contribution in [3.8, 4) is 0 Å². The van der Waals surface area contributed by atoms with Crippen molar-refractivity contribution >= 4 is 28.5 Å². The summed E-state index contributed by atoms with van der Waals surface area (Å²) in [7, 11) is 0. The molecule has 2 aromatic carbocycles. The zero-order chi connectivity index (χ0) is 23.2. The minimum Gasteiger partial charge on any atom is -0.356 e. The second-order valence-corrected chi connectivity index (χ2v) is 9.13. The van der Waals surface area contributed by atoms with Gasteiger partial charge >= 0.3 is 0 Å². The Morgan fingerprint density at radius 1 is 1.03 bits per heavy atom. The van der Waals surface area contributed by atoms with Crippen molar-refractivity contribution in [2.24, 2.45) is 5.92 Å². The van der Waals surface area contributed by atoms with E-state index < -0.39 is 0 Å². The predicted molar refractivity (Wildman–Crippen MR) is 132 cm³/mol. The molecule has 0 atom stereocenters. The van der Waals surface area contributed by atoms with E-state index >= 15 is 0 Å². The van der Waals surface area contributed by atoms with Gasteiger partial charge < -0.3 is 15.2 Å². The molecule has 0 aliphatic heterocycles. The Balaban J connectivity index is 1.40. The summed E-state index contributed by atoms with van der Waals surface area (Å²) in [5.41, 5.74) is 4.91. The lowest BCUT2D eigenvalue weighted by Crippen LogP contribution is -2.32. The number of benzene rings is 2. The van der Waals surface area contributed by atoms with Crippen molar-refractivity contribution in [3.63, 3.8) is 0 Å². The number of imidazole rings is 1. The molecule has 0 bridgehead atoms. The molecule has 33 heavy (non-hydrogen) atoms. The number of fused-ring (bicyclic) bond motifs is 1. The SMILES string of the molecule is Cc1cccc(NC(=O)Cn2c(CCCNC(=O)C3CCCCC3)nc3ccccc32)c1C. The molecule has 1 fully saturated rings. The molecule has 6 nitrogen and oxygen atoms in total. The molecule has 6 heteroatoms. The van der Waals surface area contributed by atoms with Gasteiger partial charge in [-0.25, -0.2) is 4.98 Å². The normalized spacial score (nSPS) is 14.4. The number of nitrogens with one attached hydrogen (secondary N) is 2. The first-order valence-corrected chi connectivity index (χ1v) is 12.1. The number of nitrogens with zero attached hydrogens (tertiary/aromatic N) is 2. The summed E-state index contributed by atoms with van der Waals surface area (Å²) in [6, 6.07) is 13.8. The maximum atomic E-state index is 12.9. The van der Waals surface area contributed by atoms with Gasteiger partial charge in [0.05, 0.1) is 11.0 Å². The van der Waals surface area contributed by atoms with Gasteiger partial charge in [-0.2, -0.15) is 0 Å². The molecule has 0 spiro atoms. The Labute approximate surface area is 195 Å². The number of anilines is 1. The van der Waals surface area contributed by atoms with Crippen LogP contribution >= 0.6 is 0 Å². The van der Waals surface area contributed by atoms with Crippen LogP contribution in [0.25, 0.3) is 11.0 Å². The van der Waals surface area contributed by atoms with Crippen molar-refractivity contribution in [3.05, 3.63) is 59.4 Å². The smallest absolute Gasteiger partial charge is 0.244 e. The Kier molecular flexibility index (Phi) is 7.43. The largest absolute Gasteiger partial charge is 0.356 e. The van der Waals surface area contributed by atoms with Gasteiger partial charge in [0.15, 0.2) is 0 Å². The lowest BCUT2D eigenvalue weighted by Gasteiger charge is -2.20. The third-order valence-electron chi connectivity index (χ3n) is 6.77. The molecule has 4 rings (SSSR count). The van der Waals surface area contributed by atoms with E-state index in [1.54, 1.807) is 0 Å². The van der Waals surface area contributed by atoms with Gasteiger partial charge in [-0.05, 0) is 62.4 Å². The summed E-state index contributed by atoms with van der Waals surface area (Å²) in [6.45, 7) is 4.90. The van der Waals surface area contributed by atoms with Gasteiger partial charge in [0.2, 0.25) is 11.8 Å². The highest BCUT2D eigenvalue weighted by Gasteiger charge is 2.20. The molecule has 0 unspecified atom stereocenters. The van der Waals surface area contributed by atoms with Crippen LogP contribution in [0.3, 0.4) is 0 Å². The summed E-state index contributed by atoms with van der Waals surface area (Å²) in [5, 5.41) is 6.16. The van der Waals surface area contributed by atoms with Crippen molar-refractivity contribution in [2.45, 2.75) is 65.3 Å². The van der Waals surface area contributed by atoms with Gasteiger partial charge in [0.1, 0.15) is 12.4 Å². The standard InChI is InChI=1S/C27H34N4O2/c1-19-10-8-14-22(20(19)2)30-26(32)18-31-24-15-7-6-13-23(24)29-25(31)16-9-17-28-27(33)21-11-4-3-5-12-21/h6-8,10,13-15,21H,3-5,9,11-12,16-18H2,1-2H3,(H,28,33)(H,30,32). The van der Waals surface area contributed by atoms with Crippen LogP contribution in [0.1, 0.15) is 55.5 Å². The summed E-state index contributed by atoms with van der Waals surface area (Å²) in [6.07, 6.45) is 7.08. The Morgan fingerprint density at radius 2 is 1.82 bits per heavy atom. The molecule has 0 saturated heterocycles. The fourth-order valence-corrected chi connectivity index (χ4v) is 4.68. The lowest BCUT2D eigenvalue weighted by atomic mass is 9.89. The number of hydrogen-bond donors (Lipinski definition) is 2. The molecular weight excluding hydrogens is 412 g/mol. The molecule has 1 aliphatic rings. The highest BCUT2D eigenvalue weighted by molar-refractivity contribution is 5.92. The molecule has 0 radical (unpaired) electrons. The zero-order valence-electron chi connectivity index (χ0n) is 19.7. The van der Waals surface area contributed by atoms with Crippen molar-refractivity contribution in [1.29, 1.82) is 0 Å². The van der Waals surface area contributed by atoms with Crippen LogP contribution in [0.2, 0.25) is 0 Å². The van der Waals surface area contributed by atoms with Gasteiger partial charge in [-0.15, -0.1) is 0 Å². The van der Waals surface area contributed by atoms with E-state index in [-0.39, 0.29) is 24.3 Å². The summed E-state index contributed by atoms with van der Waals surface area (Å²) in [5.74, 6) is 1.17. The fraction of sp³-hybridized carbons (Fsp3) is 0.444. The van der Waals surface area contributed by atoms with Crippen LogP contribution in [0.5, 0.6) is 0 Å². The third kappa shape index (κ3) is 5.62. The molecule has 3 aromatic rings. The van der Waals surface area contributed by atoms with E-state index in [2.05, 4.69) is 10.6 Å². The fourth-order valence-electron chi connectivity index (χ4n) is 4.68. The summed E-state index contributed by atoms with van der Waals surface area (Å²) < 4.78 is 2.00. The molecule has 174 valence electrons. The molecule has 2 amide bonds. The number of amides is 2. The Morgan fingerprint density at radius 3 is 2.64 bits per heavy atom. The Hall–Kier alpha value is -3.15. The zero-order valence-corrected chi connectivity index (χ0v) is 19.7. The number of carbonyl (C=O) groups excluding carboxylic acids is 2. The van der Waals surface area contributed by atoms with E-state index in [4.69, 9.17) is 4.98 Å². The van der Waals surface area contributed by atoms with Crippen LogP contribution in [-0.2, 0) is 22.6 Å². The van der Waals surface area contributed by atoms with Crippen LogP contribution in [-0.4, -0.2) is 27.9 Å². The van der Waals surface area contributed by atoms with Crippen LogP contribution in [0.15, 0.2) is 42.5 Å². The maximum absolute atomic E-state index is 12.9. The number of aromatic nitrogens is 2. The minimum atomic E-state index is -0.0706. The molecule has 1 aromatic heterocycles. The second kappa shape index (κ2) is 10.6. The monoisotopic (exact) mass is 446 g/mol. The number of aryl methyl sites for hydroxylation is 2. The first kappa shape index (κ1) is 23.0. The molecule has 2 N–H and O–H groups in total. The highest BCUT2D eigenvalue weighted by Crippen LogP contribution is 2.24. The topological polar surface area (TPSA) is 76.0 Å². The van der Waals surface area contributed by atoms with Gasteiger partial charge in [0.25, 0.3) is 0 Å². The molecule has 1 heterocycles. The summed E-state index contributed by atoms with van der Waals surface area (Å²) >= 11 is 0. The average Bonchev–Trinajstić information content (AvgIpc) is 3.17. The van der Waals surface area contributed by atoms with Crippen LogP contribution in [0.4, 0.5) is 5.69 Å². The third-order valence-corrected chi connectivity index (χ3v) is 6.77. The van der Waals surface area contributed by atoms with Crippen molar-refractivity contribution < 1.29 is 9.59 Å². The Bertz CT molecular complexity index is 1130. The average molecular weight is 447 g/mol. The van der Waals surface area contributed by atoms with Gasteiger partial charge in [-0.1, -0.05) is 43.5 Å². The van der Waals surface area contributed by atoms with Crippen molar-refractivity contribution in [2.75, 3.05) is 11.9 Å². The first-order chi connectivity index (χ1) is 16.0. The number of rotatable bonds is 8. The van der Waals surface area contributed by atoms with E-state index in [0.717, 1.165) is 65.8 Å². The number of para-hydroxylation sites is 2. The lowest BCUT2D eigenvalue weighted by molar-refractivity contribution is -0.125. The summed E-state index contributed by atoms with van der Waals surface area (Å²) in [4.78, 5) is 30.1. The van der Waals surface area contributed by atoms with E-state index in [9.17, 15) is 9.59 Å². The number of carbonyl (C=O) groups is 2. The number of hydrogen-bond acceptors (Lipinski definition) is 3. The van der Waals surface area contributed by atoms with E-state index in [0.29, 0.717) is 13.0 Å². The quantitative estimate of drug-likeness (QED) is 0.482. The van der Waals surface area contributed by atoms with Crippen LogP contribution in [0, 0.1) is 19.8 Å². The van der Waals surface area contributed by atoms with Crippen molar-refractivity contribution in [1.82, 2.24) is 14.9 Å². The highest BCUT2D eigenvalue weighted by atomic mass is 16.2. The van der Waals surface area contributed by atoms with Gasteiger partial charge in [-0.3, -0.25) is 9.59 Å². The van der Waals surface area contributed by atoms with Crippen LogP contribution < -0.4 is 10.6 Å². The second-order valence-electron chi connectivity index (χ2n) is 9.13. The first-order valence-electron chi connectivity index (χ1n) is 12.1. The molecule has 1 aliphatic carbocycles. The van der Waals surface area contributed by atoms with E-state index in [1.807, 2.05) is 60.9 Å². The maximum Gasteiger partial charge on any atom is 0.244 e. The minimum absolute atomic E-state index is 0.0706. The molecule has 1 saturated carbocycles.